The molecule has 1 atom stereocenters. The standard InChI is InChI=1S/C9H12N2O2/c1-2-13-9(12)7-4-3-6(5-10)8(7)11/h7H,2-4,11H2,1H3. The first kappa shape index (κ1) is 9.59. The van der Waals surface area contributed by atoms with E-state index < -0.39 is 5.92 Å². The summed E-state index contributed by atoms with van der Waals surface area (Å²) in [6.45, 7) is 2.10. The molecule has 0 heterocycles. The van der Waals surface area contributed by atoms with Crippen LogP contribution < -0.4 is 5.73 Å². The summed E-state index contributed by atoms with van der Waals surface area (Å²) in [4.78, 5) is 11.3. The van der Waals surface area contributed by atoms with Gasteiger partial charge in [-0.05, 0) is 19.8 Å². The van der Waals surface area contributed by atoms with Crippen LogP contribution in [0, 0.1) is 17.2 Å². The molecule has 0 saturated carbocycles. The van der Waals surface area contributed by atoms with Crippen molar-refractivity contribution in [1.29, 1.82) is 5.26 Å². The SMILES string of the molecule is CCOC(=O)C1CCC(C#N)=C1N. The van der Waals surface area contributed by atoms with Crippen molar-refractivity contribution in [3.05, 3.63) is 11.3 Å². The molecule has 0 radical (unpaired) electrons. The smallest absolute Gasteiger partial charge is 0.314 e. The molecule has 1 aliphatic rings. The molecule has 70 valence electrons. The fraction of sp³-hybridized carbons (Fsp3) is 0.556. The number of hydrogen-bond acceptors (Lipinski definition) is 4. The van der Waals surface area contributed by atoms with Crippen LogP contribution in [0.5, 0.6) is 0 Å². The number of carbonyl (C=O) groups excluding carboxylic acids is 1. The zero-order valence-electron chi connectivity index (χ0n) is 7.54. The van der Waals surface area contributed by atoms with Gasteiger partial charge in [-0.2, -0.15) is 5.26 Å². The number of ether oxygens (including phenoxy) is 1. The van der Waals surface area contributed by atoms with Crippen LogP contribution in [0.2, 0.25) is 0 Å². The molecule has 1 rings (SSSR count). The van der Waals surface area contributed by atoms with Gasteiger partial charge in [-0.15, -0.1) is 0 Å². The summed E-state index contributed by atoms with van der Waals surface area (Å²) in [5.74, 6) is -0.708. The third kappa shape index (κ3) is 1.81. The molecule has 0 bridgehead atoms. The average molecular weight is 180 g/mol. The van der Waals surface area contributed by atoms with Gasteiger partial charge in [0.1, 0.15) is 0 Å². The van der Waals surface area contributed by atoms with Crippen molar-refractivity contribution in [1.82, 2.24) is 0 Å². The lowest BCUT2D eigenvalue weighted by atomic mass is 10.1. The monoisotopic (exact) mass is 180 g/mol. The quantitative estimate of drug-likeness (QED) is 0.634. The number of esters is 1. The van der Waals surface area contributed by atoms with Crippen LogP contribution in [0.3, 0.4) is 0 Å². The van der Waals surface area contributed by atoms with E-state index in [9.17, 15) is 4.79 Å². The number of carbonyl (C=O) groups is 1. The number of nitrogens with zero attached hydrogens (tertiary/aromatic N) is 1. The lowest BCUT2D eigenvalue weighted by Crippen LogP contribution is -2.21. The Hall–Kier alpha value is -1.50. The van der Waals surface area contributed by atoms with Gasteiger partial charge in [-0.1, -0.05) is 0 Å². The number of allylic oxidation sites excluding steroid dienone is 1. The van der Waals surface area contributed by atoms with Crippen LogP contribution in [0.15, 0.2) is 11.3 Å². The molecule has 2 N–H and O–H groups in total. The molecule has 0 aromatic rings. The molecule has 13 heavy (non-hydrogen) atoms. The van der Waals surface area contributed by atoms with Gasteiger partial charge in [0, 0.05) is 11.3 Å². The van der Waals surface area contributed by atoms with Crippen molar-refractivity contribution in [2.75, 3.05) is 6.61 Å². The van der Waals surface area contributed by atoms with E-state index in [-0.39, 0.29) is 5.97 Å². The first-order chi connectivity index (χ1) is 6.20. The minimum Gasteiger partial charge on any atom is -0.465 e. The second kappa shape index (κ2) is 3.94. The van der Waals surface area contributed by atoms with Crippen LogP contribution in [0.4, 0.5) is 0 Å². The number of rotatable bonds is 2. The van der Waals surface area contributed by atoms with Crippen molar-refractivity contribution in [2.24, 2.45) is 11.7 Å². The third-order valence-corrected chi connectivity index (χ3v) is 2.11. The number of nitrogens with two attached hydrogens (primary N) is 1. The van der Waals surface area contributed by atoms with E-state index in [1.165, 1.54) is 0 Å². The molecule has 1 unspecified atom stereocenters. The maximum absolute atomic E-state index is 11.3. The number of nitriles is 1. The highest BCUT2D eigenvalue weighted by Gasteiger charge is 2.30. The molecule has 0 aromatic heterocycles. The Bertz CT molecular complexity index is 288. The largest absolute Gasteiger partial charge is 0.465 e. The van der Waals surface area contributed by atoms with Crippen LogP contribution >= 0.6 is 0 Å². The highest BCUT2D eigenvalue weighted by molar-refractivity contribution is 5.77. The van der Waals surface area contributed by atoms with Gasteiger partial charge in [0.15, 0.2) is 0 Å². The van der Waals surface area contributed by atoms with Crippen LogP contribution in [-0.4, -0.2) is 12.6 Å². The Kier molecular flexibility index (Phi) is 2.91. The Morgan fingerprint density at radius 1 is 1.85 bits per heavy atom. The van der Waals surface area contributed by atoms with Crippen molar-refractivity contribution >= 4 is 5.97 Å². The fourth-order valence-corrected chi connectivity index (χ4v) is 1.41. The molecule has 0 amide bonds. The lowest BCUT2D eigenvalue weighted by molar-refractivity contribution is -0.146. The van der Waals surface area contributed by atoms with Gasteiger partial charge in [-0.25, -0.2) is 0 Å². The molecule has 1 aliphatic carbocycles. The highest BCUT2D eigenvalue weighted by atomic mass is 16.5. The van der Waals surface area contributed by atoms with Gasteiger partial charge in [-0.3, -0.25) is 4.79 Å². The van der Waals surface area contributed by atoms with E-state index in [4.69, 9.17) is 15.7 Å². The normalized spacial score (nSPS) is 21.4. The van der Waals surface area contributed by atoms with E-state index in [0.29, 0.717) is 30.7 Å². The van der Waals surface area contributed by atoms with E-state index in [2.05, 4.69) is 0 Å². The Balaban J connectivity index is 2.71. The molecular formula is C9H12N2O2. The zero-order chi connectivity index (χ0) is 9.84. The molecule has 0 fully saturated rings. The van der Waals surface area contributed by atoms with Gasteiger partial charge in [0.25, 0.3) is 0 Å². The predicted octanol–water partition coefficient (Wildman–Crippen LogP) is 0.696. The third-order valence-electron chi connectivity index (χ3n) is 2.11. The Labute approximate surface area is 77.0 Å². The van der Waals surface area contributed by atoms with Crippen molar-refractivity contribution in [2.45, 2.75) is 19.8 Å². The van der Waals surface area contributed by atoms with Gasteiger partial charge in [0.2, 0.25) is 0 Å². The van der Waals surface area contributed by atoms with E-state index in [0.717, 1.165) is 0 Å². The molecular weight excluding hydrogens is 168 g/mol. The highest BCUT2D eigenvalue weighted by Crippen LogP contribution is 2.28. The first-order valence-corrected chi connectivity index (χ1v) is 4.26. The van der Waals surface area contributed by atoms with Crippen LogP contribution in [-0.2, 0) is 9.53 Å². The second-order valence-electron chi connectivity index (χ2n) is 2.89. The predicted molar refractivity (Wildman–Crippen MR) is 46.2 cm³/mol. The van der Waals surface area contributed by atoms with E-state index >= 15 is 0 Å². The zero-order valence-corrected chi connectivity index (χ0v) is 7.54. The maximum Gasteiger partial charge on any atom is 0.314 e. The summed E-state index contributed by atoms with van der Waals surface area (Å²) in [6.07, 6.45) is 1.19. The van der Waals surface area contributed by atoms with Gasteiger partial charge < -0.3 is 10.5 Å². The van der Waals surface area contributed by atoms with Crippen molar-refractivity contribution in [3.63, 3.8) is 0 Å². The molecule has 0 aromatic carbocycles. The topological polar surface area (TPSA) is 76.1 Å². The maximum atomic E-state index is 11.3. The summed E-state index contributed by atoms with van der Waals surface area (Å²) in [6, 6.07) is 1.99. The van der Waals surface area contributed by atoms with Gasteiger partial charge in [0.05, 0.1) is 18.6 Å². The minimum atomic E-state index is -0.394. The van der Waals surface area contributed by atoms with Crippen molar-refractivity contribution in [3.8, 4) is 6.07 Å². The van der Waals surface area contributed by atoms with Crippen LogP contribution in [0.1, 0.15) is 19.8 Å². The van der Waals surface area contributed by atoms with E-state index in [1.807, 2.05) is 6.07 Å². The molecule has 0 aliphatic heterocycles. The summed E-state index contributed by atoms with van der Waals surface area (Å²) >= 11 is 0. The molecule has 0 saturated heterocycles. The summed E-state index contributed by atoms with van der Waals surface area (Å²) in [7, 11) is 0. The molecule has 4 heteroatoms. The summed E-state index contributed by atoms with van der Waals surface area (Å²) in [5, 5.41) is 8.63. The summed E-state index contributed by atoms with van der Waals surface area (Å²) in [5.41, 5.74) is 6.54. The Morgan fingerprint density at radius 2 is 2.54 bits per heavy atom. The lowest BCUT2D eigenvalue weighted by Gasteiger charge is -2.09. The molecule has 4 nitrogen and oxygen atoms in total. The Morgan fingerprint density at radius 3 is 3.00 bits per heavy atom. The average Bonchev–Trinajstić information content (AvgIpc) is 2.47. The van der Waals surface area contributed by atoms with Crippen molar-refractivity contribution < 1.29 is 9.53 Å². The van der Waals surface area contributed by atoms with E-state index in [1.54, 1.807) is 6.92 Å². The fourth-order valence-electron chi connectivity index (χ4n) is 1.41. The minimum absolute atomic E-state index is 0.315. The second-order valence-corrected chi connectivity index (χ2v) is 2.89. The number of hydrogen-bond donors (Lipinski definition) is 1. The summed E-state index contributed by atoms with van der Waals surface area (Å²) < 4.78 is 4.83. The molecule has 0 spiro atoms. The van der Waals surface area contributed by atoms with Gasteiger partial charge >= 0.3 is 5.97 Å². The first-order valence-electron chi connectivity index (χ1n) is 4.26. The van der Waals surface area contributed by atoms with Crippen LogP contribution in [0.25, 0.3) is 0 Å².